The lowest BCUT2D eigenvalue weighted by molar-refractivity contribution is 0.111. The van der Waals surface area contributed by atoms with Crippen LogP contribution in [0.25, 0.3) is 0 Å². The monoisotopic (exact) mass is 238 g/mol. The average molecular weight is 238 g/mol. The largest absolute Gasteiger partial charge is 0.497 e. The normalized spacial score (nSPS) is 10.0. The fourth-order valence-corrected chi connectivity index (χ4v) is 1.35. The quantitative estimate of drug-likeness (QED) is 0.515. The molecule has 1 aromatic carbocycles. The number of methoxy groups -OCH3 is 1. The van der Waals surface area contributed by atoms with E-state index in [1.54, 1.807) is 25.3 Å². The van der Waals surface area contributed by atoms with Gasteiger partial charge in [0, 0.05) is 25.7 Å². The number of ether oxygens (including phenoxy) is 3. The van der Waals surface area contributed by atoms with Gasteiger partial charge in [0.05, 0.1) is 19.3 Å². The van der Waals surface area contributed by atoms with E-state index < -0.39 is 0 Å². The first-order valence-electron chi connectivity index (χ1n) is 5.65. The predicted octanol–water partition coefficient (Wildman–Crippen LogP) is 2.31. The van der Waals surface area contributed by atoms with Crippen molar-refractivity contribution >= 4 is 6.29 Å². The van der Waals surface area contributed by atoms with Gasteiger partial charge in [-0.3, -0.25) is 4.79 Å². The highest BCUT2D eigenvalue weighted by Crippen LogP contribution is 2.23. The molecule has 0 bridgehead atoms. The summed E-state index contributed by atoms with van der Waals surface area (Å²) >= 11 is 0. The molecule has 0 radical (unpaired) electrons. The van der Waals surface area contributed by atoms with E-state index in [9.17, 15) is 4.79 Å². The minimum Gasteiger partial charge on any atom is -0.497 e. The number of rotatable bonds is 8. The minimum absolute atomic E-state index is 0.522. The smallest absolute Gasteiger partial charge is 0.153 e. The maximum atomic E-state index is 10.8. The Bertz CT molecular complexity index is 349. The molecule has 0 fully saturated rings. The molecule has 94 valence electrons. The van der Waals surface area contributed by atoms with Crippen LogP contribution in [-0.4, -0.2) is 33.2 Å². The van der Waals surface area contributed by atoms with Gasteiger partial charge in [0.25, 0.3) is 0 Å². The van der Waals surface area contributed by atoms with Crippen molar-refractivity contribution in [2.45, 2.75) is 13.3 Å². The fraction of sp³-hybridized carbons (Fsp3) is 0.462. The molecule has 17 heavy (non-hydrogen) atoms. The number of hydrogen-bond donors (Lipinski definition) is 0. The van der Waals surface area contributed by atoms with Gasteiger partial charge in [-0.05, 0) is 19.1 Å². The van der Waals surface area contributed by atoms with Gasteiger partial charge in [-0.1, -0.05) is 0 Å². The molecule has 0 aliphatic rings. The van der Waals surface area contributed by atoms with E-state index >= 15 is 0 Å². The lowest BCUT2D eigenvalue weighted by Crippen LogP contribution is -2.04. The number of benzene rings is 1. The van der Waals surface area contributed by atoms with E-state index in [0.717, 1.165) is 12.7 Å². The Morgan fingerprint density at radius 3 is 2.76 bits per heavy atom. The molecule has 0 spiro atoms. The summed E-state index contributed by atoms with van der Waals surface area (Å²) in [5, 5.41) is 0. The van der Waals surface area contributed by atoms with Gasteiger partial charge in [0.1, 0.15) is 11.5 Å². The van der Waals surface area contributed by atoms with Crippen molar-refractivity contribution in [2.75, 3.05) is 26.9 Å². The zero-order valence-electron chi connectivity index (χ0n) is 10.3. The summed E-state index contributed by atoms with van der Waals surface area (Å²) in [4.78, 5) is 10.8. The minimum atomic E-state index is 0.522. The zero-order chi connectivity index (χ0) is 12.5. The van der Waals surface area contributed by atoms with E-state index in [1.807, 2.05) is 6.92 Å². The Kier molecular flexibility index (Phi) is 6.10. The molecular formula is C13H18O4. The van der Waals surface area contributed by atoms with Crippen molar-refractivity contribution < 1.29 is 19.0 Å². The van der Waals surface area contributed by atoms with Gasteiger partial charge in [-0.25, -0.2) is 0 Å². The third-order valence-corrected chi connectivity index (χ3v) is 2.24. The first-order chi connectivity index (χ1) is 8.31. The van der Waals surface area contributed by atoms with Crippen LogP contribution in [0.3, 0.4) is 0 Å². The molecule has 0 aliphatic heterocycles. The second kappa shape index (κ2) is 7.68. The summed E-state index contributed by atoms with van der Waals surface area (Å²) in [5.74, 6) is 1.23. The molecule has 4 heteroatoms. The van der Waals surface area contributed by atoms with Crippen molar-refractivity contribution in [1.82, 2.24) is 0 Å². The second-order valence-electron chi connectivity index (χ2n) is 3.42. The summed E-state index contributed by atoms with van der Waals surface area (Å²) in [5.41, 5.74) is 0.530. The van der Waals surface area contributed by atoms with Crippen molar-refractivity contribution in [3.8, 4) is 11.5 Å². The van der Waals surface area contributed by atoms with Crippen LogP contribution >= 0.6 is 0 Å². The fourth-order valence-electron chi connectivity index (χ4n) is 1.35. The Hall–Kier alpha value is -1.55. The molecule has 0 unspecified atom stereocenters. The molecule has 0 heterocycles. The molecule has 0 saturated carbocycles. The van der Waals surface area contributed by atoms with Crippen LogP contribution in [0.2, 0.25) is 0 Å². The van der Waals surface area contributed by atoms with E-state index in [-0.39, 0.29) is 0 Å². The van der Waals surface area contributed by atoms with Crippen molar-refractivity contribution in [1.29, 1.82) is 0 Å². The lowest BCUT2D eigenvalue weighted by atomic mass is 10.2. The number of carbonyl (C=O) groups excluding carboxylic acids is 1. The zero-order valence-corrected chi connectivity index (χ0v) is 10.3. The van der Waals surface area contributed by atoms with Crippen LogP contribution in [-0.2, 0) is 4.74 Å². The van der Waals surface area contributed by atoms with Gasteiger partial charge in [-0.2, -0.15) is 0 Å². The first-order valence-corrected chi connectivity index (χ1v) is 5.65. The molecular weight excluding hydrogens is 220 g/mol. The highest BCUT2D eigenvalue weighted by atomic mass is 16.5. The van der Waals surface area contributed by atoms with Gasteiger partial charge < -0.3 is 14.2 Å². The van der Waals surface area contributed by atoms with Crippen LogP contribution in [0.1, 0.15) is 23.7 Å². The molecule has 0 N–H and O–H groups in total. The van der Waals surface area contributed by atoms with Crippen LogP contribution < -0.4 is 9.47 Å². The van der Waals surface area contributed by atoms with Gasteiger partial charge in [0.2, 0.25) is 0 Å². The lowest BCUT2D eigenvalue weighted by Gasteiger charge is -2.09. The highest BCUT2D eigenvalue weighted by Gasteiger charge is 2.04. The summed E-state index contributed by atoms with van der Waals surface area (Å²) < 4.78 is 15.8. The molecule has 0 amide bonds. The van der Waals surface area contributed by atoms with Crippen molar-refractivity contribution in [3.05, 3.63) is 23.8 Å². The first kappa shape index (κ1) is 13.5. The number of carbonyl (C=O) groups is 1. The SMILES string of the molecule is CCOCCCOc1cc(OC)ccc1C=O. The molecule has 0 atom stereocenters. The van der Waals surface area contributed by atoms with Gasteiger partial charge in [0.15, 0.2) is 6.29 Å². The van der Waals surface area contributed by atoms with Gasteiger partial charge in [-0.15, -0.1) is 0 Å². The van der Waals surface area contributed by atoms with Crippen LogP contribution in [0, 0.1) is 0 Å². The predicted molar refractivity (Wildman–Crippen MR) is 65.0 cm³/mol. The van der Waals surface area contributed by atoms with E-state index in [1.165, 1.54) is 0 Å². The van der Waals surface area contributed by atoms with E-state index in [0.29, 0.717) is 36.9 Å². The maximum absolute atomic E-state index is 10.8. The van der Waals surface area contributed by atoms with Gasteiger partial charge >= 0.3 is 0 Å². The second-order valence-corrected chi connectivity index (χ2v) is 3.42. The molecule has 1 rings (SSSR count). The van der Waals surface area contributed by atoms with Crippen LogP contribution in [0.4, 0.5) is 0 Å². The summed E-state index contributed by atoms with van der Waals surface area (Å²) in [7, 11) is 1.58. The summed E-state index contributed by atoms with van der Waals surface area (Å²) in [6, 6.07) is 5.13. The highest BCUT2D eigenvalue weighted by molar-refractivity contribution is 5.79. The third kappa shape index (κ3) is 4.44. The summed E-state index contributed by atoms with van der Waals surface area (Å²) in [6.45, 7) is 3.84. The number of hydrogen-bond acceptors (Lipinski definition) is 4. The number of aldehydes is 1. The molecule has 4 nitrogen and oxygen atoms in total. The summed E-state index contributed by atoms with van der Waals surface area (Å²) in [6.07, 6.45) is 1.57. The Balaban J connectivity index is 2.52. The Labute approximate surface area is 101 Å². The average Bonchev–Trinajstić information content (AvgIpc) is 2.38. The Morgan fingerprint density at radius 1 is 1.29 bits per heavy atom. The van der Waals surface area contributed by atoms with Crippen LogP contribution in [0.5, 0.6) is 11.5 Å². The Morgan fingerprint density at radius 2 is 2.12 bits per heavy atom. The topological polar surface area (TPSA) is 44.8 Å². The molecule has 0 saturated heterocycles. The third-order valence-electron chi connectivity index (χ3n) is 2.24. The van der Waals surface area contributed by atoms with Crippen LogP contribution in [0.15, 0.2) is 18.2 Å². The molecule has 1 aromatic rings. The molecule has 0 aromatic heterocycles. The van der Waals surface area contributed by atoms with E-state index in [2.05, 4.69) is 0 Å². The molecule has 0 aliphatic carbocycles. The maximum Gasteiger partial charge on any atom is 0.153 e. The van der Waals surface area contributed by atoms with E-state index in [4.69, 9.17) is 14.2 Å². The van der Waals surface area contributed by atoms with Crippen molar-refractivity contribution in [3.63, 3.8) is 0 Å². The standard InChI is InChI=1S/C13H18O4/c1-3-16-7-4-8-17-13-9-12(15-2)6-5-11(13)10-14/h5-6,9-10H,3-4,7-8H2,1-2H3. The van der Waals surface area contributed by atoms with Crippen molar-refractivity contribution in [2.24, 2.45) is 0 Å².